The minimum atomic E-state index is -0.129. The second-order valence-corrected chi connectivity index (χ2v) is 4.65. The molecule has 2 amide bonds. The third kappa shape index (κ3) is 3.52. The SMILES string of the molecule is C/C(=C\NC(=O)NCC1CCCO1)C1CC1. The van der Waals surface area contributed by atoms with Crippen molar-refractivity contribution < 1.29 is 9.53 Å². The van der Waals surface area contributed by atoms with Gasteiger partial charge in [0.15, 0.2) is 0 Å². The van der Waals surface area contributed by atoms with Gasteiger partial charge in [0.25, 0.3) is 0 Å². The summed E-state index contributed by atoms with van der Waals surface area (Å²) >= 11 is 0. The molecular formula is C12H20N2O2. The van der Waals surface area contributed by atoms with Crippen molar-refractivity contribution in [3.05, 3.63) is 11.8 Å². The molecule has 0 radical (unpaired) electrons. The predicted molar refractivity (Wildman–Crippen MR) is 62.0 cm³/mol. The van der Waals surface area contributed by atoms with Gasteiger partial charge in [0, 0.05) is 19.4 Å². The number of hydrogen-bond acceptors (Lipinski definition) is 2. The van der Waals surface area contributed by atoms with Gasteiger partial charge in [0.2, 0.25) is 0 Å². The van der Waals surface area contributed by atoms with Crippen LogP contribution in [0.5, 0.6) is 0 Å². The monoisotopic (exact) mass is 224 g/mol. The maximum Gasteiger partial charge on any atom is 0.318 e. The molecule has 4 heteroatoms. The van der Waals surface area contributed by atoms with Crippen molar-refractivity contribution in [3.63, 3.8) is 0 Å². The summed E-state index contributed by atoms with van der Waals surface area (Å²) in [6, 6.07) is -0.129. The Labute approximate surface area is 96.4 Å². The van der Waals surface area contributed by atoms with Gasteiger partial charge >= 0.3 is 6.03 Å². The molecule has 0 bridgehead atoms. The van der Waals surface area contributed by atoms with Crippen LogP contribution in [0.15, 0.2) is 11.8 Å². The normalized spacial score (nSPS) is 25.6. The van der Waals surface area contributed by atoms with E-state index >= 15 is 0 Å². The van der Waals surface area contributed by atoms with Gasteiger partial charge in [-0.25, -0.2) is 4.79 Å². The highest BCUT2D eigenvalue weighted by Gasteiger charge is 2.23. The van der Waals surface area contributed by atoms with Gasteiger partial charge in [-0.3, -0.25) is 0 Å². The van der Waals surface area contributed by atoms with Gasteiger partial charge in [0.1, 0.15) is 0 Å². The Morgan fingerprint density at radius 3 is 2.88 bits per heavy atom. The van der Waals surface area contributed by atoms with Crippen molar-refractivity contribution in [2.45, 2.75) is 38.7 Å². The number of hydrogen-bond donors (Lipinski definition) is 2. The van der Waals surface area contributed by atoms with Crippen LogP contribution in [0.25, 0.3) is 0 Å². The van der Waals surface area contributed by atoms with E-state index in [1.807, 2.05) is 6.20 Å². The molecule has 2 rings (SSSR count). The van der Waals surface area contributed by atoms with Crippen LogP contribution in [0, 0.1) is 5.92 Å². The quantitative estimate of drug-likeness (QED) is 0.764. The third-order valence-electron chi connectivity index (χ3n) is 3.17. The minimum absolute atomic E-state index is 0.129. The fourth-order valence-corrected chi connectivity index (χ4v) is 1.90. The smallest absolute Gasteiger partial charge is 0.318 e. The van der Waals surface area contributed by atoms with Crippen LogP contribution in [0.2, 0.25) is 0 Å². The average molecular weight is 224 g/mol. The summed E-state index contributed by atoms with van der Waals surface area (Å²) in [5, 5.41) is 5.58. The van der Waals surface area contributed by atoms with E-state index in [0.29, 0.717) is 12.5 Å². The molecule has 0 aromatic carbocycles. The third-order valence-corrected chi connectivity index (χ3v) is 3.17. The van der Waals surface area contributed by atoms with E-state index in [2.05, 4.69) is 17.6 Å². The lowest BCUT2D eigenvalue weighted by Gasteiger charge is -2.10. The van der Waals surface area contributed by atoms with E-state index in [4.69, 9.17) is 4.74 Å². The van der Waals surface area contributed by atoms with Crippen molar-refractivity contribution >= 4 is 6.03 Å². The summed E-state index contributed by atoms with van der Waals surface area (Å²) in [6.07, 6.45) is 6.72. The number of carbonyl (C=O) groups excluding carboxylic acids is 1. The Bertz CT molecular complexity index is 279. The lowest BCUT2D eigenvalue weighted by Crippen LogP contribution is -2.37. The van der Waals surface area contributed by atoms with E-state index in [9.17, 15) is 4.79 Å². The lowest BCUT2D eigenvalue weighted by atomic mass is 10.2. The second-order valence-electron chi connectivity index (χ2n) is 4.65. The molecule has 1 unspecified atom stereocenters. The van der Waals surface area contributed by atoms with Gasteiger partial charge in [-0.15, -0.1) is 0 Å². The van der Waals surface area contributed by atoms with Crippen LogP contribution >= 0.6 is 0 Å². The molecular weight excluding hydrogens is 204 g/mol. The second kappa shape index (κ2) is 5.34. The van der Waals surface area contributed by atoms with Crippen LogP contribution in [0.4, 0.5) is 4.79 Å². The lowest BCUT2D eigenvalue weighted by molar-refractivity contribution is 0.111. The zero-order chi connectivity index (χ0) is 11.4. The highest BCUT2D eigenvalue weighted by Crippen LogP contribution is 2.35. The molecule has 2 N–H and O–H groups in total. The zero-order valence-electron chi connectivity index (χ0n) is 9.79. The molecule has 90 valence electrons. The van der Waals surface area contributed by atoms with Crippen molar-refractivity contribution in [1.82, 2.24) is 10.6 Å². The highest BCUT2D eigenvalue weighted by molar-refractivity contribution is 5.75. The average Bonchev–Trinajstić information content (AvgIpc) is 3.01. The Hall–Kier alpha value is -1.03. The summed E-state index contributed by atoms with van der Waals surface area (Å²) in [5.41, 5.74) is 1.27. The first-order valence-electron chi connectivity index (χ1n) is 6.08. The van der Waals surface area contributed by atoms with Gasteiger partial charge < -0.3 is 15.4 Å². The minimum Gasteiger partial charge on any atom is -0.376 e. The van der Waals surface area contributed by atoms with E-state index in [0.717, 1.165) is 19.4 Å². The summed E-state index contributed by atoms with van der Waals surface area (Å²) in [4.78, 5) is 11.4. The summed E-state index contributed by atoms with van der Waals surface area (Å²) in [7, 11) is 0. The number of amides is 2. The van der Waals surface area contributed by atoms with Crippen molar-refractivity contribution in [1.29, 1.82) is 0 Å². The van der Waals surface area contributed by atoms with Crippen LogP contribution in [-0.4, -0.2) is 25.3 Å². The largest absolute Gasteiger partial charge is 0.376 e. The fraction of sp³-hybridized carbons (Fsp3) is 0.750. The predicted octanol–water partition coefficient (Wildman–Crippen LogP) is 1.78. The van der Waals surface area contributed by atoms with Crippen LogP contribution in [0.3, 0.4) is 0 Å². The standard InChI is InChI=1S/C12H20N2O2/c1-9(10-4-5-10)7-13-12(15)14-8-11-3-2-6-16-11/h7,10-11H,2-6,8H2,1H3,(H2,13,14,15)/b9-7+. The van der Waals surface area contributed by atoms with Gasteiger partial charge in [-0.2, -0.15) is 0 Å². The number of nitrogens with one attached hydrogen (secondary N) is 2. The molecule has 1 aliphatic heterocycles. The number of allylic oxidation sites excluding steroid dienone is 1. The van der Waals surface area contributed by atoms with E-state index in [1.165, 1.54) is 18.4 Å². The molecule has 1 heterocycles. The van der Waals surface area contributed by atoms with Gasteiger partial charge in [-0.1, -0.05) is 5.57 Å². The molecule has 1 saturated heterocycles. The Morgan fingerprint density at radius 2 is 2.25 bits per heavy atom. The zero-order valence-corrected chi connectivity index (χ0v) is 9.79. The fourth-order valence-electron chi connectivity index (χ4n) is 1.90. The maximum absolute atomic E-state index is 11.4. The molecule has 0 spiro atoms. The van der Waals surface area contributed by atoms with Crippen molar-refractivity contribution in [2.24, 2.45) is 5.92 Å². The number of rotatable bonds is 4. The summed E-state index contributed by atoms with van der Waals surface area (Å²) in [5.74, 6) is 0.707. The topological polar surface area (TPSA) is 50.4 Å². The molecule has 1 atom stereocenters. The van der Waals surface area contributed by atoms with E-state index in [-0.39, 0.29) is 12.1 Å². The van der Waals surface area contributed by atoms with Crippen molar-refractivity contribution in [2.75, 3.05) is 13.2 Å². The highest BCUT2D eigenvalue weighted by atomic mass is 16.5. The van der Waals surface area contributed by atoms with Crippen LogP contribution < -0.4 is 10.6 Å². The first-order valence-corrected chi connectivity index (χ1v) is 6.08. The van der Waals surface area contributed by atoms with Gasteiger partial charge in [-0.05, 0) is 38.5 Å². The van der Waals surface area contributed by atoms with Crippen LogP contribution in [0.1, 0.15) is 32.6 Å². The molecule has 0 aromatic rings. The van der Waals surface area contributed by atoms with E-state index in [1.54, 1.807) is 0 Å². The molecule has 1 aliphatic carbocycles. The molecule has 16 heavy (non-hydrogen) atoms. The molecule has 0 aromatic heterocycles. The van der Waals surface area contributed by atoms with Crippen LogP contribution in [-0.2, 0) is 4.74 Å². The Kier molecular flexibility index (Phi) is 3.83. The van der Waals surface area contributed by atoms with Gasteiger partial charge in [0.05, 0.1) is 6.10 Å². The Balaban J connectivity index is 1.61. The number of carbonyl (C=O) groups is 1. The molecule has 2 aliphatic rings. The summed E-state index contributed by atoms with van der Waals surface area (Å²) < 4.78 is 5.42. The molecule has 4 nitrogen and oxygen atoms in total. The molecule has 1 saturated carbocycles. The first-order chi connectivity index (χ1) is 7.75. The Morgan fingerprint density at radius 1 is 1.44 bits per heavy atom. The number of ether oxygens (including phenoxy) is 1. The number of urea groups is 1. The summed E-state index contributed by atoms with van der Waals surface area (Å²) in [6.45, 7) is 3.51. The maximum atomic E-state index is 11.4. The first kappa shape index (κ1) is 11.5. The van der Waals surface area contributed by atoms with Crippen molar-refractivity contribution in [3.8, 4) is 0 Å². The molecule has 2 fully saturated rings. The van der Waals surface area contributed by atoms with E-state index < -0.39 is 0 Å².